The highest BCUT2D eigenvalue weighted by molar-refractivity contribution is 6.28. The van der Waals surface area contributed by atoms with Gasteiger partial charge in [0.2, 0.25) is 5.28 Å². The van der Waals surface area contributed by atoms with Gasteiger partial charge in [0.25, 0.3) is 0 Å². The summed E-state index contributed by atoms with van der Waals surface area (Å²) < 4.78 is 38.3. The Morgan fingerprint density at radius 1 is 1.25 bits per heavy atom. The highest BCUT2D eigenvalue weighted by Crippen LogP contribution is 2.33. The van der Waals surface area contributed by atoms with Crippen molar-refractivity contribution in [2.24, 2.45) is 5.92 Å². The van der Waals surface area contributed by atoms with Crippen molar-refractivity contribution in [3.8, 4) is 0 Å². The lowest BCUT2D eigenvalue weighted by molar-refractivity contribution is -0.141. The highest BCUT2D eigenvalue weighted by atomic mass is 35.5. The predicted molar refractivity (Wildman–Crippen MR) is 71.9 cm³/mol. The Labute approximate surface area is 121 Å². The molecule has 1 heterocycles. The molecule has 3 nitrogen and oxygen atoms in total. The van der Waals surface area contributed by atoms with Gasteiger partial charge < -0.3 is 4.90 Å². The molecular formula is C13H17ClF3N3. The summed E-state index contributed by atoms with van der Waals surface area (Å²) in [6.45, 7) is 2.12. The lowest BCUT2D eigenvalue weighted by atomic mass is 9.85. The highest BCUT2D eigenvalue weighted by Gasteiger charge is 2.35. The van der Waals surface area contributed by atoms with Crippen LogP contribution in [0.3, 0.4) is 0 Å². The van der Waals surface area contributed by atoms with Crippen LogP contribution in [0.1, 0.15) is 38.3 Å². The Morgan fingerprint density at radius 2 is 1.90 bits per heavy atom. The maximum Gasteiger partial charge on any atom is 0.433 e. The molecule has 2 atom stereocenters. The number of hydrogen-bond donors (Lipinski definition) is 0. The van der Waals surface area contributed by atoms with Crippen molar-refractivity contribution < 1.29 is 13.2 Å². The Morgan fingerprint density at radius 3 is 2.50 bits per heavy atom. The molecular weight excluding hydrogens is 291 g/mol. The smallest absolute Gasteiger partial charge is 0.356 e. The molecule has 0 bridgehead atoms. The monoisotopic (exact) mass is 307 g/mol. The van der Waals surface area contributed by atoms with E-state index >= 15 is 0 Å². The largest absolute Gasteiger partial charge is 0.433 e. The van der Waals surface area contributed by atoms with E-state index in [0.29, 0.717) is 5.92 Å². The molecule has 0 spiro atoms. The summed E-state index contributed by atoms with van der Waals surface area (Å²) >= 11 is 5.63. The van der Waals surface area contributed by atoms with Crippen molar-refractivity contribution in [2.75, 3.05) is 11.9 Å². The van der Waals surface area contributed by atoms with Gasteiger partial charge in [-0.05, 0) is 30.4 Å². The lowest BCUT2D eigenvalue weighted by Gasteiger charge is -2.37. The number of anilines is 1. The van der Waals surface area contributed by atoms with Gasteiger partial charge in [-0.1, -0.05) is 19.8 Å². The normalized spacial score (nSPS) is 23.7. The zero-order valence-electron chi connectivity index (χ0n) is 11.4. The van der Waals surface area contributed by atoms with E-state index in [1.165, 1.54) is 6.42 Å². The standard InChI is InChI=1S/C13H17ClF3N3/c1-8-5-3-4-6-9(8)20(2)11-7-10(13(15,16)17)18-12(14)19-11/h7-9H,3-6H2,1-2H3. The zero-order chi connectivity index (χ0) is 14.9. The fourth-order valence-electron chi connectivity index (χ4n) is 2.77. The maximum atomic E-state index is 12.8. The minimum atomic E-state index is -4.51. The third kappa shape index (κ3) is 3.34. The maximum absolute atomic E-state index is 12.8. The Bertz CT molecular complexity index is 478. The summed E-state index contributed by atoms with van der Waals surface area (Å²) in [6.07, 6.45) is -0.213. The summed E-state index contributed by atoms with van der Waals surface area (Å²) in [5.74, 6) is 0.660. The molecule has 0 aliphatic heterocycles. The summed E-state index contributed by atoms with van der Waals surface area (Å²) in [7, 11) is 1.77. The summed E-state index contributed by atoms with van der Waals surface area (Å²) in [5.41, 5.74) is -0.997. The van der Waals surface area contributed by atoms with Crippen LogP contribution in [-0.2, 0) is 6.18 Å². The molecule has 1 aliphatic carbocycles. The number of alkyl halides is 3. The fourth-order valence-corrected chi connectivity index (χ4v) is 2.95. The Kier molecular flexibility index (Phi) is 4.42. The predicted octanol–water partition coefficient (Wildman–Crippen LogP) is 4.16. The first kappa shape index (κ1) is 15.4. The minimum Gasteiger partial charge on any atom is -0.356 e. The van der Waals surface area contributed by atoms with Crippen LogP contribution in [0.4, 0.5) is 19.0 Å². The summed E-state index contributed by atoms with van der Waals surface area (Å²) in [5, 5.41) is -0.370. The molecule has 7 heteroatoms. The van der Waals surface area contributed by atoms with Crippen LogP contribution in [-0.4, -0.2) is 23.1 Å². The molecule has 0 aromatic carbocycles. The molecule has 1 aliphatic rings. The third-order valence-electron chi connectivity index (χ3n) is 3.90. The Balaban J connectivity index is 2.29. The van der Waals surface area contributed by atoms with Gasteiger partial charge in [0.05, 0.1) is 0 Å². The van der Waals surface area contributed by atoms with Crippen LogP contribution in [0, 0.1) is 5.92 Å². The van der Waals surface area contributed by atoms with Crippen LogP contribution in [0.15, 0.2) is 6.07 Å². The van der Waals surface area contributed by atoms with E-state index in [0.717, 1.165) is 25.3 Å². The number of aromatic nitrogens is 2. The second-order valence-electron chi connectivity index (χ2n) is 5.32. The zero-order valence-corrected chi connectivity index (χ0v) is 12.2. The van der Waals surface area contributed by atoms with Crippen LogP contribution in [0.5, 0.6) is 0 Å². The van der Waals surface area contributed by atoms with E-state index in [-0.39, 0.29) is 17.1 Å². The van der Waals surface area contributed by atoms with Gasteiger partial charge in [-0.2, -0.15) is 13.2 Å². The third-order valence-corrected chi connectivity index (χ3v) is 4.07. The van der Waals surface area contributed by atoms with E-state index in [9.17, 15) is 13.2 Å². The van der Waals surface area contributed by atoms with Crippen molar-refractivity contribution in [2.45, 2.75) is 44.8 Å². The summed E-state index contributed by atoms with van der Waals surface area (Å²) in [6, 6.07) is 1.16. The van der Waals surface area contributed by atoms with Crippen molar-refractivity contribution in [3.63, 3.8) is 0 Å². The van der Waals surface area contributed by atoms with Crippen molar-refractivity contribution in [3.05, 3.63) is 17.0 Å². The van der Waals surface area contributed by atoms with Gasteiger partial charge in [0, 0.05) is 19.2 Å². The quantitative estimate of drug-likeness (QED) is 0.768. The van der Waals surface area contributed by atoms with Gasteiger partial charge in [-0.25, -0.2) is 9.97 Å². The minimum absolute atomic E-state index is 0.191. The molecule has 0 saturated heterocycles. The van der Waals surface area contributed by atoms with Crippen molar-refractivity contribution in [1.29, 1.82) is 0 Å². The molecule has 1 fully saturated rings. The van der Waals surface area contributed by atoms with Crippen LogP contribution < -0.4 is 4.90 Å². The van der Waals surface area contributed by atoms with E-state index in [1.54, 1.807) is 11.9 Å². The van der Waals surface area contributed by atoms with E-state index in [2.05, 4.69) is 16.9 Å². The molecule has 1 aromatic rings. The molecule has 20 heavy (non-hydrogen) atoms. The Hall–Kier alpha value is -1.04. The first-order chi connectivity index (χ1) is 9.29. The molecule has 112 valence electrons. The van der Waals surface area contributed by atoms with Crippen LogP contribution >= 0.6 is 11.6 Å². The van der Waals surface area contributed by atoms with Crippen molar-refractivity contribution in [1.82, 2.24) is 9.97 Å². The number of nitrogens with zero attached hydrogens (tertiary/aromatic N) is 3. The van der Waals surface area contributed by atoms with Crippen LogP contribution in [0.25, 0.3) is 0 Å². The second kappa shape index (κ2) is 5.76. The van der Waals surface area contributed by atoms with Gasteiger partial charge in [-0.3, -0.25) is 0 Å². The van der Waals surface area contributed by atoms with Gasteiger partial charge in [0.15, 0.2) is 5.69 Å². The molecule has 0 radical (unpaired) electrons. The van der Waals surface area contributed by atoms with E-state index < -0.39 is 11.9 Å². The van der Waals surface area contributed by atoms with Gasteiger partial charge in [0.1, 0.15) is 5.82 Å². The first-order valence-electron chi connectivity index (χ1n) is 6.63. The van der Waals surface area contributed by atoms with Gasteiger partial charge in [-0.15, -0.1) is 0 Å². The first-order valence-corrected chi connectivity index (χ1v) is 7.01. The molecule has 2 unspecified atom stereocenters. The second-order valence-corrected chi connectivity index (χ2v) is 5.66. The van der Waals surface area contributed by atoms with E-state index in [4.69, 9.17) is 11.6 Å². The molecule has 0 amide bonds. The molecule has 0 N–H and O–H groups in total. The number of rotatable bonds is 2. The topological polar surface area (TPSA) is 29.0 Å². The fraction of sp³-hybridized carbons (Fsp3) is 0.692. The molecule has 1 aromatic heterocycles. The number of hydrogen-bond acceptors (Lipinski definition) is 3. The van der Waals surface area contributed by atoms with Crippen LogP contribution in [0.2, 0.25) is 5.28 Å². The average molecular weight is 308 g/mol. The average Bonchev–Trinajstić information content (AvgIpc) is 2.37. The van der Waals surface area contributed by atoms with E-state index in [1.807, 2.05) is 0 Å². The molecule has 2 rings (SSSR count). The lowest BCUT2D eigenvalue weighted by Crippen LogP contribution is -2.39. The number of halogens is 4. The molecule has 1 saturated carbocycles. The van der Waals surface area contributed by atoms with Crippen molar-refractivity contribution >= 4 is 17.4 Å². The summed E-state index contributed by atoms with van der Waals surface area (Å²) in [4.78, 5) is 8.99. The SMILES string of the molecule is CC1CCCCC1N(C)c1cc(C(F)(F)F)nc(Cl)n1. The van der Waals surface area contributed by atoms with Gasteiger partial charge >= 0.3 is 6.18 Å².